The smallest absolute Gasteiger partial charge is 0.224 e. The summed E-state index contributed by atoms with van der Waals surface area (Å²) >= 11 is 0. The van der Waals surface area contributed by atoms with Crippen molar-refractivity contribution in [2.75, 3.05) is 0 Å². The second kappa shape index (κ2) is 6.04. The topological polar surface area (TPSA) is 42.0 Å². The van der Waals surface area contributed by atoms with E-state index in [1.165, 1.54) is 6.07 Å². The Bertz CT molecular complexity index is 573. The van der Waals surface area contributed by atoms with Crippen LogP contribution in [0.3, 0.4) is 0 Å². The average molecular weight is 262 g/mol. The van der Waals surface area contributed by atoms with Gasteiger partial charge in [0, 0.05) is 25.0 Å². The summed E-state index contributed by atoms with van der Waals surface area (Å²) in [4.78, 5) is 15.5. The van der Waals surface area contributed by atoms with E-state index in [1.54, 1.807) is 24.5 Å². The van der Waals surface area contributed by atoms with Gasteiger partial charge in [0.2, 0.25) is 5.91 Å². The lowest BCUT2D eigenvalue weighted by Gasteiger charge is -2.06. The predicted octanol–water partition coefficient (Wildman–Crippen LogP) is 2.22. The van der Waals surface area contributed by atoms with E-state index in [-0.39, 0.29) is 17.9 Å². The van der Waals surface area contributed by atoms with Crippen molar-refractivity contribution < 1.29 is 13.6 Å². The van der Waals surface area contributed by atoms with Gasteiger partial charge in [-0.25, -0.2) is 8.78 Å². The number of halogens is 2. The Morgan fingerprint density at radius 3 is 2.58 bits per heavy atom. The molecule has 0 spiro atoms. The predicted molar refractivity (Wildman–Crippen MR) is 66.1 cm³/mol. The zero-order valence-electron chi connectivity index (χ0n) is 10.1. The average Bonchev–Trinajstić information content (AvgIpc) is 2.41. The third-order valence-electron chi connectivity index (χ3n) is 2.61. The molecule has 2 rings (SSSR count). The van der Waals surface area contributed by atoms with Gasteiger partial charge in [0.1, 0.15) is 11.6 Å². The summed E-state index contributed by atoms with van der Waals surface area (Å²) in [5.41, 5.74) is 1.08. The van der Waals surface area contributed by atoms with Crippen molar-refractivity contribution >= 4 is 5.91 Å². The molecule has 0 saturated carbocycles. The van der Waals surface area contributed by atoms with Crippen molar-refractivity contribution in [1.82, 2.24) is 10.3 Å². The summed E-state index contributed by atoms with van der Waals surface area (Å²) in [6, 6.07) is 6.73. The number of nitrogens with one attached hydrogen (secondary N) is 1. The van der Waals surface area contributed by atoms with Crippen LogP contribution in [-0.4, -0.2) is 10.9 Å². The van der Waals surface area contributed by atoms with E-state index in [9.17, 15) is 13.6 Å². The van der Waals surface area contributed by atoms with Crippen LogP contribution in [0.25, 0.3) is 0 Å². The maximum atomic E-state index is 13.3. The Kier molecular flexibility index (Phi) is 4.18. The summed E-state index contributed by atoms with van der Waals surface area (Å²) in [5.74, 6) is -1.68. The van der Waals surface area contributed by atoms with Gasteiger partial charge < -0.3 is 5.32 Å². The van der Waals surface area contributed by atoms with Crippen LogP contribution in [0.1, 0.15) is 11.1 Å². The molecule has 1 N–H and O–H groups in total. The van der Waals surface area contributed by atoms with Crippen molar-refractivity contribution in [3.8, 4) is 0 Å². The number of carbonyl (C=O) groups is 1. The van der Waals surface area contributed by atoms with Crippen LogP contribution in [0.5, 0.6) is 0 Å². The van der Waals surface area contributed by atoms with Crippen LogP contribution in [0.4, 0.5) is 8.78 Å². The summed E-state index contributed by atoms with van der Waals surface area (Å²) in [6.45, 7) is 0.351. The summed E-state index contributed by atoms with van der Waals surface area (Å²) in [6.07, 6.45) is 3.14. The van der Waals surface area contributed by atoms with Crippen molar-refractivity contribution in [2.45, 2.75) is 13.0 Å². The highest BCUT2D eigenvalue weighted by Crippen LogP contribution is 2.10. The van der Waals surface area contributed by atoms with Gasteiger partial charge in [0.05, 0.1) is 6.42 Å². The molecule has 19 heavy (non-hydrogen) atoms. The Hall–Kier alpha value is -2.30. The molecule has 5 heteroatoms. The number of aromatic nitrogens is 1. The molecule has 0 radical (unpaired) electrons. The fourth-order valence-corrected chi connectivity index (χ4v) is 1.60. The van der Waals surface area contributed by atoms with Gasteiger partial charge >= 0.3 is 0 Å². The number of amides is 1. The lowest BCUT2D eigenvalue weighted by Crippen LogP contribution is -2.24. The molecule has 0 aliphatic heterocycles. The SMILES string of the molecule is O=C(Cc1ccc(F)cc1F)NCc1ccncc1. The van der Waals surface area contributed by atoms with Crippen molar-refractivity contribution in [2.24, 2.45) is 0 Å². The molecule has 1 heterocycles. The zero-order valence-corrected chi connectivity index (χ0v) is 10.1. The minimum Gasteiger partial charge on any atom is -0.352 e. The van der Waals surface area contributed by atoms with Crippen LogP contribution in [0.15, 0.2) is 42.7 Å². The van der Waals surface area contributed by atoms with Crippen molar-refractivity contribution in [1.29, 1.82) is 0 Å². The Balaban J connectivity index is 1.91. The van der Waals surface area contributed by atoms with Crippen molar-refractivity contribution in [3.05, 3.63) is 65.5 Å². The Morgan fingerprint density at radius 2 is 1.89 bits per heavy atom. The molecule has 3 nitrogen and oxygen atoms in total. The van der Waals surface area contributed by atoms with Gasteiger partial charge in [0.25, 0.3) is 0 Å². The molecule has 0 bridgehead atoms. The third kappa shape index (κ3) is 3.84. The van der Waals surface area contributed by atoms with Crippen LogP contribution < -0.4 is 5.32 Å². The molecule has 0 aliphatic rings. The standard InChI is InChI=1S/C14H12F2N2O/c15-12-2-1-11(13(16)8-12)7-14(19)18-9-10-3-5-17-6-4-10/h1-6,8H,7,9H2,(H,18,19). The maximum absolute atomic E-state index is 13.3. The molecule has 98 valence electrons. The minimum absolute atomic E-state index is 0.114. The highest BCUT2D eigenvalue weighted by molar-refractivity contribution is 5.78. The molecule has 0 unspecified atom stereocenters. The Labute approximate surface area is 109 Å². The van der Waals surface area contributed by atoms with E-state index < -0.39 is 11.6 Å². The van der Waals surface area contributed by atoms with Gasteiger partial charge in [-0.05, 0) is 29.3 Å². The molecule has 1 aromatic heterocycles. The molecule has 0 atom stereocenters. The first kappa shape index (κ1) is 13.1. The van der Waals surface area contributed by atoms with Gasteiger partial charge in [0.15, 0.2) is 0 Å². The fourth-order valence-electron chi connectivity index (χ4n) is 1.60. The Morgan fingerprint density at radius 1 is 1.16 bits per heavy atom. The summed E-state index contributed by atoms with van der Waals surface area (Å²) < 4.78 is 26.1. The number of benzene rings is 1. The highest BCUT2D eigenvalue weighted by atomic mass is 19.1. The van der Waals surface area contributed by atoms with Gasteiger partial charge in [-0.1, -0.05) is 6.07 Å². The van der Waals surface area contributed by atoms with Gasteiger partial charge in [-0.3, -0.25) is 9.78 Å². The lowest BCUT2D eigenvalue weighted by atomic mass is 10.1. The van der Waals surface area contributed by atoms with Crippen LogP contribution in [-0.2, 0) is 17.8 Å². The molecular formula is C14H12F2N2O. The van der Waals surface area contributed by atoms with E-state index in [1.807, 2.05) is 0 Å². The third-order valence-corrected chi connectivity index (χ3v) is 2.61. The number of hydrogen-bond donors (Lipinski definition) is 1. The first-order chi connectivity index (χ1) is 9.15. The monoisotopic (exact) mass is 262 g/mol. The van der Waals surface area contributed by atoms with E-state index >= 15 is 0 Å². The normalized spacial score (nSPS) is 10.2. The van der Waals surface area contributed by atoms with E-state index in [2.05, 4.69) is 10.3 Å². The summed E-state index contributed by atoms with van der Waals surface area (Å²) in [7, 11) is 0. The molecule has 1 aromatic carbocycles. The molecule has 0 saturated heterocycles. The number of pyridine rings is 1. The second-order valence-corrected chi connectivity index (χ2v) is 4.04. The number of rotatable bonds is 4. The minimum atomic E-state index is -0.709. The van der Waals surface area contributed by atoms with Gasteiger partial charge in [-0.15, -0.1) is 0 Å². The van der Waals surface area contributed by atoms with Gasteiger partial charge in [-0.2, -0.15) is 0 Å². The fraction of sp³-hybridized carbons (Fsp3) is 0.143. The first-order valence-corrected chi connectivity index (χ1v) is 5.74. The summed E-state index contributed by atoms with van der Waals surface area (Å²) in [5, 5.41) is 2.66. The molecular weight excluding hydrogens is 250 g/mol. The molecule has 0 aliphatic carbocycles. The van der Waals surface area contributed by atoms with E-state index in [0.717, 1.165) is 17.7 Å². The molecule has 0 fully saturated rings. The first-order valence-electron chi connectivity index (χ1n) is 5.74. The largest absolute Gasteiger partial charge is 0.352 e. The maximum Gasteiger partial charge on any atom is 0.224 e. The zero-order chi connectivity index (χ0) is 13.7. The lowest BCUT2D eigenvalue weighted by molar-refractivity contribution is -0.120. The quantitative estimate of drug-likeness (QED) is 0.918. The molecule has 2 aromatic rings. The highest BCUT2D eigenvalue weighted by Gasteiger charge is 2.08. The molecule has 1 amide bonds. The number of carbonyl (C=O) groups excluding carboxylic acids is 1. The number of nitrogens with zero attached hydrogens (tertiary/aromatic N) is 1. The van der Waals surface area contributed by atoms with Crippen LogP contribution in [0, 0.1) is 11.6 Å². The van der Waals surface area contributed by atoms with Crippen LogP contribution in [0.2, 0.25) is 0 Å². The van der Waals surface area contributed by atoms with Crippen molar-refractivity contribution in [3.63, 3.8) is 0 Å². The van der Waals surface area contributed by atoms with E-state index in [0.29, 0.717) is 6.54 Å². The van der Waals surface area contributed by atoms with E-state index in [4.69, 9.17) is 0 Å². The second-order valence-electron chi connectivity index (χ2n) is 4.04. The number of hydrogen-bond acceptors (Lipinski definition) is 2. The van der Waals surface area contributed by atoms with Crippen LogP contribution >= 0.6 is 0 Å².